The summed E-state index contributed by atoms with van der Waals surface area (Å²) in [6.45, 7) is 7.86. The highest BCUT2D eigenvalue weighted by molar-refractivity contribution is 6.42. The van der Waals surface area contributed by atoms with Gasteiger partial charge in [-0.25, -0.2) is 0 Å². The minimum Gasteiger partial charge on any atom is -0.352 e. The zero-order valence-electron chi connectivity index (χ0n) is 11.6. The summed E-state index contributed by atoms with van der Waals surface area (Å²) in [7, 11) is 0. The van der Waals surface area contributed by atoms with Gasteiger partial charge in [0.1, 0.15) is 0 Å². The van der Waals surface area contributed by atoms with Gasteiger partial charge in [0, 0.05) is 25.8 Å². The van der Waals surface area contributed by atoms with E-state index in [4.69, 9.17) is 32.7 Å². The van der Waals surface area contributed by atoms with Gasteiger partial charge in [-0.3, -0.25) is 0 Å². The summed E-state index contributed by atoms with van der Waals surface area (Å²) in [6, 6.07) is 5.79. The molecule has 0 spiro atoms. The highest BCUT2D eigenvalue weighted by Crippen LogP contribution is 2.25. The molecule has 0 heterocycles. The number of ether oxygens (including phenoxy) is 2. The van der Waals surface area contributed by atoms with E-state index in [0.717, 1.165) is 5.56 Å². The lowest BCUT2D eigenvalue weighted by molar-refractivity contribution is -0.133. The zero-order valence-corrected chi connectivity index (χ0v) is 13.1. The lowest BCUT2D eigenvalue weighted by Gasteiger charge is -2.21. The molecule has 0 amide bonds. The second-order valence-electron chi connectivity index (χ2n) is 4.14. The standard InChI is InChI=1S/C14H21Cl2NO2/c1-4-18-14(19-5-2)9-17-10(3)11-6-7-12(15)13(16)8-11/h6-8,10,14,17H,4-5,9H2,1-3H3. The van der Waals surface area contributed by atoms with Crippen molar-refractivity contribution in [3.8, 4) is 0 Å². The first-order chi connectivity index (χ1) is 9.08. The molecule has 1 rings (SSSR count). The average molecular weight is 306 g/mol. The zero-order chi connectivity index (χ0) is 14.3. The molecule has 0 bridgehead atoms. The molecule has 1 unspecified atom stereocenters. The van der Waals surface area contributed by atoms with Gasteiger partial charge in [-0.2, -0.15) is 0 Å². The van der Waals surface area contributed by atoms with Crippen LogP contribution < -0.4 is 5.32 Å². The van der Waals surface area contributed by atoms with Crippen LogP contribution in [-0.4, -0.2) is 26.0 Å². The van der Waals surface area contributed by atoms with E-state index in [2.05, 4.69) is 12.2 Å². The molecule has 1 aromatic rings. The van der Waals surface area contributed by atoms with Crippen molar-refractivity contribution in [3.63, 3.8) is 0 Å². The SMILES string of the molecule is CCOC(CNC(C)c1ccc(Cl)c(Cl)c1)OCC. The minimum absolute atomic E-state index is 0.151. The van der Waals surface area contributed by atoms with E-state index < -0.39 is 0 Å². The number of nitrogens with one attached hydrogen (secondary N) is 1. The van der Waals surface area contributed by atoms with Gasteiger partial charge in [0.25, 0.3) is 0 Å². The van der Waals surface area contributed by atoms with Crippen LogP contribution in [0.3, 0.4) is 0 Å². The summed E-state index contributed by atoms with van der Waals surface area (Å²) in [4.78, 5) is 0. The smallest absolute Gasteiger partial charge is 0.169 e. The van der Waals surface area contributed by atoms with Crippen molar-refractivity contribution in [2.75, 3.05) is 19.8 Å². The molecule has 3 nitrogen and oxygen atoms in total. The van der Waals surface area contributed by atoms with Crippen LogP contribution in [-0.2, 0) is 9.47 Å². The first-order valence-electron chi connectivity index (χ1n) is 6.50. The maximum atomic E-state index is 6.01. The Morgan fingerprint density at radius 1 is 1.11 bits per heavy atom. The van der Waals surface area contributed by atoms with Gasteiger partial charge < -0.3 is 14.8 Å². The molecule has 0 aliphatic heterocycles. The first kappa shape index (κ1) is 16.7. The molecule has 1 N–H and O–H groups in total. The Morgan fingerprint density at radius 2 is 1.74 bits per heavy atom. The molecule has 108 valence electrons. The Balaban J connectivity index is 2.53. The Kier molecular flexibility index (Phi) is 7.73. The normalized spacial score (nSPS) is 12.9. The second kappa shape index (κ2) is 8.77. The maximum absolute atomic E-state index is 6.01. The van der Waals surface area contributed by atoms with E-state index >= 15 is 0 Å². The summed E-state index contributed by atoms with van der Waals surface area (Å²) in [5.41, 5.74) is 1.08. The van der Waals surface area contributed by atoms with Crippen LogP contribution in [0.4, 0.5) is 0 Å². The van der Waals surface area contributed by atoms with E-state index in [1.165, 1.54) is 0 Å². The van der Waals surface area contributed by atoms with Gasteiger partial charge in [0.2, 0.25) is 0 Å². The van der Waals surface area contributed by atoms with E-state index in [-0.39, 0.29) is 12.3 Å². The van der Waals surface area contributed by atoms with Crippen molar-refractivity contribution in [2.24, 2.45) is 0 Å². The molecule has 0 aliphatic carbocycles. The highest BCUT2D eigenvalue weighted by atomic mass is 35.5. The predicted octanol–water partition coefficient (Wildman–Crippen LogP) is 4.04. The van der Waals surface area contributed by atoms with Crippen LogP contribution in [0.15, 0.2) is 18.2 Å². The topological polar surface area (TPSA) is 30.5 Å². The molecule has 0 aliphatic rings. The number of hydrogen-bond donors (Lipinski definition) is 1. The summed E-state index contributed by atoms with van der Waals surface area (Å²) < 4.78 is 11.0. The highest BCUT2D eigenvalue weighted by Gasteiger charge is 2.12. The fourth-order valence-electron chi connectivity index (χ4n) is 1.71. The summed E-state index contributed by atoms with van der Waals surface area (Å²) in [5, 5.41) is 4.50. The van der Waals surface area contributed by atoms with Gasteiger partial charge >= 0.3 is 0 Å². The van der Waals surface area contributed by atoms with Crippen molar-refractivity contribution >= 4 is 23.2 Å². The number of rotatable bonds is 8. The fraction of sp³-hybridized carbons (Fsp3) is 0.571. The number of hydrogen-bond acceptors (Lipinski definition) is 3. The van der Waals surface area contributed by atoms with E-state index in [1.54, 1.807) is 6.07 Å². The van der Waals surface area contributed by atoms with Crippen LogP contribution in [0.5, 0.6) is 0 Å². The second-order valence-corrected chi connectivity index (χ2v) is 4.96. The third kappa shape index (κ3) is 5.67. The van der Waals surface area contributed by atoms with Crippen LogP contribution in [0.25, 0.3) is 0 Å². The Bertz CT molecular complexity index is 382. The van der Waals surface area contributed by atoms with Gasteiger partial charge in [-0.15, -0.1) is 0 Å². The molecular weight excluding hydrogens is 285 g/mol. The van der Waals surface area contributed by atoms with Crippen molar-refractivity contribution in [1.82, 2.24) is 5.32 Å². The van der Waals surface area contributed by atoms with E-state index in [0.29, 0.717) is 29.8 Å². The first-order valence-corrected chi connectivity index (χ1v) is 7.25. The average Bonchev–Trinajstić information content (AvgIpc) is 2.39. The van der Waals surface area contributed by atoms with Crippen molar-refractivity contribution in [3.05, 3.63) is 33.8 Å². The molecule has 19 heavy (non-hydrogen) atoms. The molecule has 1 atom stereocenters. The molecule has 5 heteroatoms. The molecule has 0 aromatic heterocycles. The third-order valence-electron chi connectivity index (χ3n) is 2.74. The molecule has 0 radical (unpaired) electrons. The van der Waals surface area contributed by atoms with Crippen LogP contribution in [0, 0.1) is 0 Å². The van der Waals surface area contributed by atoms with Crippen LogP contribution in [0.2, 0.25) is 10.0 Å². The largest absolute Gasteiger partial charge is 0.352 e. The fourth-order valence-corrected chi connectivity index (χ4v) is 2.02. The molecule has 1 aromatic carbocycles. The molecule has 0 fully saturated rings. The van der Waals surface area contributed by atoms with Crippen molar-refractivity contribution in [1.29, 1.82) is 0 Å². The van der Waals surface area contributed by atoms with Crippen molar-refractivity contribution in [2.45, 2.75) is 33.1 Å². The van der Waals surface area contributed by atoms with E-state index in [9.17, 15) is 0 Å². The molecule has 0 saturated heterocycles. The van der Waals surface area contributed by atoms with Crippen LogP contribution >= 0.6 is 23.2 Å². The summed E-state index contributed by atoms with van der Waals surface area (Å²) in [5.74, 6) is 0. The summed E-state index contributed by atoms with van der Waals surface area (Å²) >= 11 is 11.9. The summed E-state index contributed by atoms with van der Waals surface area (Å²) in [6.07, 6.45) is -0.222. The number of halogens is 2. The monoisotopic (exact) mass is 305 g/mol. The van der Waals surface area contributed by atoms with Gasteiger partial charge in [-0.1, -0.05) is 29.3 Å². The lowest BCUT2D eigenvalue weighted by Crippen LogP contribution is -2.33. The quantitative estimate of drug-likeness (QED) is 0.735. The molecule has 0 saturated carbocycles. The maximum Gasteiger partial charge on any atom is 0.169 e. The van der Waals surface area contributed by atoms with Gasteiger partial charge in [0.05, 0.1) is 10.0 Å². The van der Waals surface area contributed by atoms with Gasteiger partial charge in [-0.05, 0) is 38.5 Å². The van der Waals surface area contributed by atoms with Crippen LogP contribution in [0.1, 0.15) is 32.4 Å². The number of benzene rings is 1. The van der Waals surface area contributed by atoms with Gasteiger partial charge in [0.15, 0.2) is 6.29 Å². The third-order valence-corrected chi connectivity index (χ3v) is 3.48. The van der Waals surface area contributed by atoms with Crippen molar-refractivity contribution < 1.29 is 9.47 Å². The minimum atomic E-state index is -0.222. The predicted molar refractivity (Wildman–Crippen MR) is 79.9 cm³/mol. The Labute approximate surface area is 125 Å². The Hall–Kier alpha value is -0.320. The Morgan fingerprint density at radius 3 is 2.26 bits per heavy atom. The molecular formula is C14H21Cl2NO2. The van der Waals surface area contributed by atoms with E-state index in [1.807, 2.05) is 26.0 Å². The lowest BCUT2D eigenvalue weighted by atomic mass is 10.1.